The summed E-state index contributed by atoms with van der Waals surface area (Å²) in [5, 5.41) is 9.12. The number of para-hydroxylation sites is 1. The molecule has 1 N–H and O–H groups in total. The van der Waals surface area contributed by atoms with Crippen molar-refractivity contribution in [3.63, 3.8) is 0 Å². The van der Waals surface area contributed by atoms with Gasteiger partial charge in [-0.15, -0.1) is 0 Å². The van der Waals surface area contributed by atoms with Crippen LogP contribution in [0.25, 0.3) is 0 Å². The van der Waals surface area contributed by atoms with Crippen molar-refractivity contribution < 1.29 is 9.90 Å². The molecule has 0 aliphatic heterocycles. The Balaban J connectivity index is 2.75. The second-order valence-electron chi connectivity index (χ2n) is 3.74. The van der Waals surface area contributed by atoms with Crippen molar-refractivity contribution in [1.82, 2.24) is 0 Å². The molecule has 0 heterocycles. The summed E-state index contributed by atoms with van der Waals surface area (Å²) in [5.74, 6) is 1.22. The van der Waals surface area contributed by atoms with Gasteiger partial charge in [0.25, 0.3) is 0 Å². The third-order valence-electron chi connectivity index (χ3n) is 2.59. The van der Waals surface area contributed by atoms with Crippen molar-refractivity contribution in [2.75, 3.05) is 23.0 Å². The number of rotatable bonds is 7. The lowest BCUT2D eigenvalue weighted by Gasteiger charge is -2.28. The molecule has 1 aromatic rings. The van der Waals surface area contributed by atoms with E-state index < -0.39 is 12.0 Å². The highest BCUT2D eigenvalue weighted by molar-refractivity contribution is 7.99. The summed E-state index contributed by atoms with van der Waals surface area (Å²) in [6, 6.07) is 9.23. The van der Waals surface area contributed by atoms with Crippen molar-refractivity contribution in [2.45, 2.75) is 19.9 Å². The summed E-state index contributed by atoms with van der Waals surface area (Å²) in [7, 11) is 0. The van der Waals surface area contributed by atoms with Gasteiger partial charge in [0, 0.05) is 18.0 Å². The molecular weight excluding hydrogens is 234 g/mol. The van der Waals surface area contributed by atoms with Crippen LogP contribution in [0.2, 0.25) is 0 Å². The van der Waals surface area contributed by atoms with Crippen molar-refractivity contribution in [1.29, 1.82) is 0 Å². The van der Waals surface area contributed by atoms with Crippen molar-refractivity contribution in [3.8, 4) is 0 Å². The fourth-order valence-electron chi connectivity index (χ4n) is 1.61. The van der Waals surface area contributed by atoms with Gasteiger partial charge in [-0.25, -0.2) is 4.79 Å². The van der Waals surface area contributed by atoms with Gasteiger partial charge in [0.2, 0.25) is 0 Å². The van der Waals surface area contributed by atoms with Crippen LogP contribution in [-0.2, 0) is 4.79 Å². The lowest BCUT2D eigenvalue weighted by molar-refractivity contribution is -0.138. The first-order valence-electron chi connectivity index (χ1n) is 5.79. The molecule has 1 rings (SSSR count). The number of benzene rings is 1. The smallest absolute Gasteiger partial charge is 0.326 e. The maximum atomic E-state index is 11.1. The Kier molecular flexibility index (Phi) is 5.91. The van der Waals surface area contributed by atoms with Crippen LogP contribution >= 0.6 is 11.8 Å². The van der Waals surface area contributed by atoms with Crippen LogP contribution in [0, 0.1) is 0 Å². The average Bonchev–Trinajstić information content (AvgIpc) is 2.35. The molecule has 0 bridgehead atoms. The van der Waals surface area contributed by atoms with E-state index in [1.165, 1.54) is 0 Å². The molecule has 0 aliphatic rings. The van der Waals surface area contributed by atoms with Crippen LogP contribution in [0.4, 0.5) is 5.69 Å². The number of hydrogen-bond donors (Lipinski definition) is 1. The molecule has 17 heavy (non-hydrogen) atoms. The van der Waals surface area contributed by atoms with Crippen molar-refractivity contribution >= 4 is 23.4 Å². The summed E-state index contributed by atoms with van der Waals surface area (Å²) in [4.78, 5) is 13.0. The zero-order valence-electron chi connectivity index (χ0n) is 10.3. The molecule has 94 valence electrons. The van der Waals surface area contributed by atoms with E-state index in [0.29, 0.717) is 0 Å². The number of carboxylic acids is 1. The number of carboxylic acid groups (broad SMARTS) is 1. The lowest BCUT2D eigenvalue weighted by atomic mass is 10.2. The summed E-state index contributed by atoms with van der Waals surface area (Å²) in [5.41, 5.74) is 0.971. The van der Waals surface area contributed by atoms with E-state index in [0.717, 1.165) is 23.7 Å². The average molecular weight is 253 g/mol. The molecule has 1 atom stereocenters. The van der Waals surface area contributed by atoms with Crippen LogP contribution in [0.15, 0.2) is 30.3 Å². The second-order valence-corrected chi connectivity index (χ2v) is 5.13. The van der Waals surface area contributed by atoms with Crippen LogP contribution in [0.5, 0.6) is 0 Å². The summed E-state index contributed by atoms with van der Waals surface area (Å²) >= 11 is 1.83. The number of aliphatic carboxylic acids is 1. The molecule has 1 aromatic carbocycles. The highest BCUT2D eigenvalue weighted by Gasteiger charge is 2.20. The van der Waals surface area contributed by atoms with E-state index in [-0.39, 0.29) is 0 Å². The van der Waals surface area contributed by atoms with Crippen LogP contribution in [0.3, 0.4) is 0 Å². The number of anilines is 1. The highest BCUT2D eigenvalue weighted by atomic mass is 32.2. The molecule has 0 radical (unpaired) electrons. The zero-order chi connectivity index (χ0) is 12.7. The van der Waals surface area contributed by atoms with Crippen molar-refractivity contribution in [3.05, 3.63) is 30.3 Å². The van der Waals surface area contributed by atoms with Gasteiger partial charge in [-0.1, -0.05) is 25.1 Å². The Labute approximate surface area is 107 Å². The van der Waals surface area contributed by atoms with E-state index >= 15 is 0 Å². The first kappa shape index (κ1) is 13.9. The first-order chi connectivity index (χ1) is 8.16. The van der Waals surface area contributed by atoms with Gasteiger partial charge in [-0.2, -0.15) is 11.8 Å². The summed E-state index contributed by atoms with van der Waals surface area (Å²) in [6.07, 6.45) is 0. The van der Waals surface area contributed by atoms with Crippen molar-refractivity contribution in [2.24, 2.45) is 0 Å². The molecule has 4 heteroatoms. The maximum Gasteiger partial charge on any atom is 0.326 e. The van der Waals surface area contributed by atoms with Crippen LogP contribution in [0.1, 0.15) is 13.8 Å². The Morgan fingerprint density at radius 3 is 2.59 bits per heavy atom. The molecule has 0 saturated heterocycles. The molecule has 0 amide bonds. The van der Waals surface area contributed by atoms with E-state index in [4.69, 9.17) is 5.11 Å². The first-order valence-corrected chi connectivity index (χ1v) is 6.94. The largest absolute Gasteiger partial charge is 0.480 e. The van der Waals surface area contributed by atoms with Gasteiger partial charge >= 0.3 is 5.97 Å². The Bertz CT molecular complexity index is 343. The van der Waals surface area contributed by atoms with E-state index in [1.807, 2.05) is 47.0 Å². The minimum atomic E-state index is -0.782. The lowest BCUT2D eigenvalue weighted by Crippen LogP contribution is -2.40. The van der Waals surface area contributed by atoms with Gasteiger partial charge in [0.1, 0.15) is 6.04 Å². The van der Waals surface area contributed by atoms with Gasteiger partial charge < -0.3 is 10.0 Å². The van der Waals surface area contributed by atoms with Gasteiger partial charge in [-0.3, -0.25) is 0 Å². The molecule has 0 spiro atoms. The highest BCUT2D eigenvalue weighted by Crippen LogP contribution is 2.17. The molecule has 0 unspecified atom stereocenters. The molecule has 3 nitrogen and oxygen atoms in total. The number of nitrogens with zero attached hydrogens (tertiary/aromatic N) is 1. The molecule has 0 fully saturated rings. The second kappa shape index (κ2) is 7.22. The fourth-order valence-corrected chi connectivity index (χ4v) is 2.22. The monoisotopic (exact) mass is 253 g/mol. The molecular formula is C13H19NO2S. The van der Waals surface area contributed by atoms with Gasteiger partial charge in [0.15, 0.2) is 0 Å². The topological polar surface area (TPSA) is 40.5 Å². The Morgan fingerprint density at radius 1 is 1.41 bits per heavy atom. The molecule has 0 aliphatic carbocycles. The van der Waals surface area contributed by atoms with E-state index in [2.05, 4.69) is 6.92 Å². The third kappa shape index (κ3) is 4.30. The minimum Gasteiger partial charge on any atom is -0.480 e. The number of carbonyl (C=O) groups is 1. The standard InChI is InChI=1S/C13H19NO2S/c1-3-17-10-9-14(11(2)13(15)16)12-7-5-4-6-8-12/h4-8,11H,3,9-10H2,1-2H3,(H,15,16)/t11-/m0/s1. The molecule has 0 aromatic heterocycles. The predicted molar refractivity (Wildman–Crippen MR) is 73.9 cm³/mol. The normalized spacial score (nSPS) is 12.1. The maximum absolute atomic E-state index is 11.1. The van der Waals surface area contributed by atoms with E-state index in [1.54, 1.807) is 6.92 Å². The van der Waals surface area contributed by atoms with Gasteiger partial charge in [0.05, 0.1) is 0 Å². The quantitative estimate of drug-likeness (QED) is 0.759. The molecule has 0 saturated carbocycles. The third-order valence-corrected chi connectivity index (χ3v) is 3.47. The SMILES string of the molecule is CCSCCN(c1ccccc1)[C@@H](C)C(=O)O. The summed E-state index contributed by atoms with van der Waals surface area (Å²) in [6.45, 7) is 4.60. The Morgan fingerprint density at radius 2 is 2.06 bits per heavy atom. The zero-order valence-corrected chi connectivity index (χ0v) is 11.1. The Hall–Kier alpha value is -1.16. The minimum absolute atomic E-state index is 0.491. The number of hydrogen-bond acceptors (Lipinski definition) is 3. The predicted octanol–water partition coefficient (Wildman–Crippen LogP) is 2.72. The number of thioether (sulfide) groups is 1. The fraction of sp³-hybridized carbons (Fsp3) is 0.462. The van der Waals surface area contributed by atoms with Crippen LogP contribution in [-0.4, -0.2) is 35.2 Å². The van der Waals surface area contributed by atoms with E-state index in [9.17, 15) is 4.79 Å². The summed E-state index contributed by atoms with van der Waals surface area (Å²) < 4.78 is 0. The van der Waals surface area contributed by atoms with Gasteiger partial charge in [-0.05, 0) is 24.8 Å². The van der Waals surface area contributed by atoms with Crippen LogP contribution < -0.4 is 4.90 Å².